The van der Waals surface area contributed by atoms with Crippen LogP contribution < -0.4 is 5.69 Å². The Morgan fingerprint density at radius 3 is 2.88 bits per heavy atom. The van der Waals surface area contributed by atoms with Crippen LogP contribution in [0.4, 0.5) is 0 Å². The average Bonchev–Trinajstić information content (AvgIpc) is 2.88. The van der Waals surface area contributed by atoms with Crippen LogP contribution in [0.2, 0.25) is 5.02 Å². The van der Waals surface area contributed by atoms with Crippen molar-refractivity contribution in [1.82, 2.24) is 9.55 Å². The van der Waals surface area contributed by atoms with Crippen LogP contribution in [-0.4, -0.2) is 26.7 Å². The summed E-state index contributed by atoms with van der Waals surface area (Å²) in [7, 11) is 0. The maximum atomic E-state index is 12.3. The second kappa shape index (κ2) is 5.51. The summed E-state index contributed by atoms with van der Waals surface area (Å²) in [6.45, 7) is 0.0866. The topological polar surface area (TPSA) is 84.3 Å². The summed E-state index contributed by atoms with van der Waals surface area (Å²) in [6, 6.07) is 11.6. The van der Waals surface area contributed by atoms with Crippen LogP contribution in [0.5, 0.6) is 0 Å². The average molecular weight is 345 g/mol. The van der Waals surface area contributed by atoms with Gasteiger partial charge >= 0.3 is 11.7 Å². The molecule has 122 valence electrons. The summed E-state index contributed by atoms with van der Waals surface area (Å²) < 4.78 is 6.92. The fraction of sp³-hybridized carbons (Fsp3) is 0.176. The molecule has 0 amide bonds. The number of aromatic amines is 1. The molecular weight excluding hydrogens is 332 g/mol. The zero-order valence-electron chi connectivity index (χ0n) is 12.4. The van der Waals surface area contributed by atoms with E-state index in [4.69, 9.17) is 16.3 Å². The van der Waals surface area contributed by atoms with Crippen molar-refractivity contribution in [2.75, 3.05) is 0 Å². The van der Waals surface area contributed by atoms with Crippen LogP contribution in [-0.2, 0) is 11.3 Å². The van der Waals surface area contributed by atoms with Crippen LogP contribution in [0.1, 0.15) is 22.0 Å². The molecule has 0 fully saturated rings. The Labute approximate surface area is 141 Å². The summed E-state index contributed by atoms with van der Waals surface area (Å²) in [5.41, 5.74) is 1.84. The number of nitrogens with zero attached hydrogens (tertiary/aromatic N) is 1. The molecule has 0 bridgehead atoms. The molecule has 0 saturated heterocycles. The van der Waals surface area contributed by atoms with Crippen molar-refractivity contribution in [3.05, 3.63) is 69.1 Å². The van der Waals surface area contributed by atoms with Gasteiger partial charge in [0.1, 0.15) is 6.10 Å². The summed E-state index contributed by atoms with van der Waals surface area (Å²) in [4.78, 5) is 27.1. The molecule has 2 atom stereocenters. The van der Waals surface area contributed by atoms with E-state index < -0.39 is 18.2 Å². The number of rotatable bonds is 2. The molecule has 2 heterocycles. The molecule has 6 nitrogen and oxygen atoms in total. The van der Waals surface area contributed by atoms with E-state index in [1.54, 1.807) is 36.4 Å². The summed E-state index contributed by atoms with van der Waals surface area (Å²) >= 11 is 5.88. The Kier molecular flexibility index (Phi) is 3.44. The number of benzene rings is 2. The molecule has 3 aromatic rings. The molecular formula is C17H13ClN2O4. The molecule has 2 unspecified atom stereocenters. The second-order valence-electron chi connectivity index (χ2n) is 5.68. The normalized spacial score (nSPS) is 19.4. The van der Waals surface area contributed by atoms with E-state index >= 15 is 0 Å². The molecule has 0 radical (unpaired) electrons. The zero-order valence-corrected chi connectivity index (χ0v) is 13.2. The number of ether oxygens (including phenoxy) is 1. The van der Waals surface area contributed by atoms with Gasteiger partial charge in [-0.05, 0) is 24.3 Å². The monoisotopic (exact) mass is 344 g/mol. The first-order chi connectivity index (χ1) is 11.5. The third-order valence-electron chi connectivity index (χ3n) is 4.18. The number of esters is 1. The van der Waals surface area contributed by atoms with Gasteiger partial charge in [0.15, 0.2) is 6.10 Å². The molecule has 2 aromatic carbocycles. The van der Waals surface area contributed by atoms with Crippen LogP contribution in [0.15, 0.2) is 47.3 Å². The molecule has 7 heteroatoms. The SMILES string of the molecule is O=C(OC1Cn2c(=O)[nH]c3cccc(c32)C1O)c1cccc(Cl)c1. The Bertz CT molecular complexity index is 1010. The maximum absolute atomic E-state index is 12.3. The van der Waals surface area contributed by atoms with Gasteiger partial charge in [-0.2, -0.15) is 0 Å². The van der Waals surface area contributed by atoms with Crippen molar-refractivity contribution in [2.45, 2.75) is 18.8 Å². The first-order valence-electron chi connectivity index (χ1n) is 7.40. The van der Waals surface area contributed by atoms with Gasteiger partial charge in [-0.1, -0.05) is 29.8 Å². The largest absolute Gasteiger partial charge is 0.454 e. The molecule has 1 aromatic heterocycles. The lowest BCUT2D eigenvalue weighted by atomic mass is 9.99. The highest BCUT2D eigenvalue weighted by Gasteiger charge is 2.33. The lowest BCUT2D eigenvalue weighted by Gasteiger charge is -2.28. The number of nitrogens with one attached hydrogen (secondary N) is 1. The number of hydrogen-bond acceptors (Lipinski definition) is 4. The number of H-pyrrole nitrogens is 1. The minimum atomic E-state index is -1.01. The van der Waals surface area contributed by atoms with Crippen molar-refractivity contribution < 1.29 is 14.6 Å². The van der Waals surface area contributed by atoms with Gasteiger partial charge in [-0.15, -0.1) is 0 Å². The van der Waals surface area contributed by atoms with Crippen molar-refractivity contribution in [2.24, 2.45) is 0 Å². The predicted octanol–water partition coefficient (Wildman–Crippen LogP) is 2.26. The quantitative estimate of drug-likeness (QED) is 0.698. The van der Waals surface area contributed by atoms with E-state index in [9.17, 15) is 14.7 Å². The number of carbonyl (C=O) groups is 1. The minimum Gasteiger partial charge on any atom is -0.454 e. The van der Waals surface area contributed by atoms with Crippen LogP contribution in [0.3, 0.4) is 0 Å². The summed E-state index contributed by atoms with van der Waals surface area (Å²) in [5, 5.41) is 11.0. The third-order valence-corrected chi connectivity index (χ3v) is 4.41. The van der Waals surface area contributed by atoms with Crippen LogP contribution >= 0.6 is 11.6 Å². The molecule has 24 heavy (non-hydrogen) atoms. The summed E-state index contributed by atoms with van der Waals surface area (Å²) in [6.07, 6.45) is -1.87. The molecule has 2 N–H and O–H groups in total. The van der Waals surface area contributed by atoms with E-state index in [1.807, 2.05) is 0 Å². The zero-order chi connectivity index (χ0) is 16.8. The Balaban J connectivity index is 1.68. The molecule has 1 aliphatic rings. The highest BCUT2D eigenvalue weighted by molar-refractivity contribution is 6.30. The van der Waals surface area contributed by atoms with E-state index in [0.29, 0.717) is 27.2 Å². The number of imidazole rings is 1. The van der Waals surface area contributed by atoms with E-state index in [2.05, 4.69) is 4.98 Å². The lowest BCUT2D eigenvalue weighted by Crippen LogP contribution is -2.36. The number of aromatic nitrogens is 2. The lowest BCUT2D eigenvalue weighted by molar-refractivity contribution is -0.0289. The fourth-order valence-electron chi connectivity index (χ4n) is 3.06. The number of carbonyl (C=O) groups excluding carboxylic acids is 1. The maximum Gasteiger partial charge on any atom is 0.338 e. The van der Waals surface area contributed by atoms with Crippen LogP contribution in [0, 0.1) is 0 Å². The number of hydrogen-bond donors (Lipinski definition) is 2. The first-order valence-corrected chi connectivity index (χ1v) is 7.78. The van der Waals surface area contributed by atoms with Gasteiger partial charge in [0.05, 0.1) is 23.1 Å². The minimum absolute atomic E-state index is 0.0866. The fourth-order valence-corrected chi connectivity index (χ4v) is 3.25. The van der Waals surface area contributed by atoms with Crippen molar-refractivity contribution in [1.29, 1.82) is 0 Å². The molecule has 4 rings (SSSR count). The summed E-state index contributed by atoms with van der Waals surface area (Å²) in [5.74, 6) is -0.597. The van der Waals surface area contributed by atoms with Gasteiger partial charge in [0, 0.05) is 10.6 Å². The number of aliphatic hydroxyl groups is 1. The highest BCUT2D eigenvalue weighted by Crippen LogP contribution is 2.32. The van der Waals surface area contributed by atoms with Gasteiger partial charge in [0.2, 0.25) is 0 Å². The van der Waals surface area contributed by atoms with Gasteiger partial charge in [-0.25, -0.2) is 9.59 Å². The van der Waals surface area contributed by atoms with E-state index in [1.165, 1.54) is 10.6 Å². The molecule has 1 aliphatic heterocycles. The van der Waals surface area contributed by atoms with Gasteiger partial charge < -0.3 is 14.8 Å². The van der Waals surface area contributed by atoms with Crippen LogP contribution in [0.25, 0.3) is 11.0 Å². The van der Waals surface area contributed by atoms with Crippen molar-refractivity contribution in [3.63, 3.8) is 0 Å². The molecule has 0 aliphatic carbocycles. The second-order valence-corrected chi connectivity index (χ2v) is 6.12. The standard InChI is InChI=1S/C17H13ClN2O4/c18-10-4-1-3-9(7-10)16(22)24-13-8-20-14-11(15(13)21)5-2-6-12(14)19-17(20)23/h1-7,13,15,21H,8H2,(H,19,23). The van der Waals surface area contributed by atoms with Gasteiger partial charge in [0.25, 0.3) is 0 Å². The highest BCUT2D eigenvalue weighted by atomic mass is 35.5. The Morgan fingerprint density at radius 2 is 2.08 bits per heavy atom. The third kappa shape index (κ3) is 2.31. The predicted molar refractivity (Wildman–Crippen MR) is 88.2 cm³/mol. The number of halogens is 1. The molecule has 0 spiro atoms. The molecule has 0 saturated carbocycles. The van der Waals surface area contributed by atoms with E-state index in [0.717, 1.165) is 0 Å². The smallest absolute Gasteiger partial charge is 0.338 e. The van der Waals surface area contributed by atoms with Crippen molar-refractivity contribution >= 4 is 28.6 Å². The van der Waals surface area contributed by atoms with Gasteiger partial charge in [-0.3, -0.25) is 4.57 Å². The number of aliphatic hydroxyl groups excluding tert-OH is 1. The van der Waals surface area contributed by atoms with E-state index in [-0.39, 0.29) is 12.2 Å². The Hall–Kier alpha value is -2.57. The number of para-hydroxylation sites is 1. The van der Waals surface area contributed by atoms with Crippen molar-refractivity contribution in [3.8, 4) is 0 Å². The Morgan fingerprint density at radius 1 is 1.29 bits per heavy atom. The first kappa shape index (κ1) is 15.0.